The van der Waals surface area contributed by atoms with Gasteiger partial charge >= 0.3 is 6.03 Å². The standard InChI is InChI=1S/C21H22N2O5/c1-4-21(15-8-6-5-7-9-15)19(25)23(20(26)22-21)13-16(24)14-10-11-17(27-2)18(12-14)28-3/h5-12H,4,13H2,1-3H3,(H,22,26)/t21-/m0/s1. The normalized spacial score (nSPS) is 18.8. The van der Waals surface area contributed by atoms with E-state index in [1.807, 2.05) is 25.1 Å². The Kier molecular flexibility index (Phi) is 5.35. The van der Waals surface area contributed by atoms with Crippen molar-refractivity contribution in [1.82, 2.24) is 10.2 Å². The summed E-state index contributed by atoms with van der Waals surface area (Å²) in [5, 5.41) is 2.77. The number of nitrogens with zero attached hydrogens (tertiary/aromatic N) is 1. The number of benzene rings is 2. The first-order chi connectivity index (χ1) is 13.5. The van der Waals surface area contributed by atoms with E-state index in [-0.39, 0.29) is 12.3 Å². The summed E-state index contributed by atoms with van der Waals surface area (Å²) in [7, 11) is 2.97. The van der Waals surface area contributed by atoms with Gasteiger partial charge in [-0.05, 0) is 30.2 Å². The summed E-state index contributed by atoms with van der Waals surface area (Å²) in [6.45, 7) is 1.47. The van der Waals surface area contributed by atoms with Gasteiger partial charge in [-0.25, -0.2) is 4.79 Å². The molecule has 1 atom stereocenters. The molecule has 146 valence electrons. The minimum absolute atomic E-state index is 0.326. The third-order valence-electron chi connectivity index (χ3n) is 4.98. The van der Waals surface area contributed by atoms with Crippen LogP contribution in [0.5, 0.6) is 11.5 Å². The number of hydrogen-bond donors (Lipinski definition) is 1. The molecule has 0 radical (unpaired) electrons. The highest BCUT2D eigenvalue weighted by molar-refractivity contribution is 6.11. The topological polar surface area (TPSA) is 84.9 Å². The Bertz CT molecular complexity index is 912. The number of imide groups is 1. The minimum atomic E-state index is -1.16. The van der Waals surface area contributed by atoms with Crippen LogP contribution in [-0.4, -0.2) is 43.4 Å². The number of Topliss-reactive ketones (excluding diaryl/α,β-unsaturated/α-hetero) is 1. The number of ketones is 1. The van der Waals surface area contributed by atoms with Gasteiger partial charge in [0.05, 0.1) is 20.8 Å². The number of methoxy groups -OCH3 is 2. The molecule has 7 heteroatoms. The highest BCUT2D eigenvalue weighted by Gasteiger charge is 2.51. The molecule has 0 unspecified atom stereocenters. The van der Waals surface area contributed by atoms with E-state index in [0.29, 0.717) is 29.0 Å². The monoisotopic (exact) mass is 382 g/mol. The molecule has 2 aromatic rings. The van der Waals surface area contributed by atoms with Gasteiger partial charge in [0.15, 0.2) is 17.3 Å². The Balaban J connectivity index is 1.86. The number of ether oxygens (including phenoxy) is 2. The van der Waals surface area contributed by atoms with Gasteiger partial charge < -0.3 is 14.8 Å². The average molecular weight is 382 g/mol. The van der Waals surface area contributed by atoms with E-state index in [9.17, 15) is 14.4 Å². The molecule has 1 aliphatic heterocycles. The van der Waals surface area contributed by atoms with Gasteiger partial charge in [0, 0.05) is 5.56 Å². The molecule has 7 nitrogen and oxygen atoms in total. The molecule has 0 spiro atoms. The number of amides is 3. The third-order valence-corrected chi connectivity index (χ3v) is 4.98. The van der Waals surface area contributed by atoms with Gasteiger partial charge in [-0.15, -0.1) is 0 Å². The van der Waals surface area contributed by atoms with Gasteiger partial charge in [-0.2, -0.15) is 0 Å². The fourth-order valence-electron chi connectivity index (χ4n) is 3.38. The van der Waals surface area contributed by atoms with E-state index in [0.717, 1.165) is 4.90 Å². The van der Waals surface area contributed by atoms with Crippen LogP contribution >= 0.6 is 0 Å². The Morgan fingerprint density at radius 2 is 1.71 bits per heavy atom. The molecular formula is C21H22N2O5. The SMILES string of the molecule is CC[C@@]1(c2ccccc2)NC(=O)N(CC(=O)c2ccc(OC)c(OC)c2)C1=O. The zero-order valence-corrected chi connectivity index (χ0v) is 16.0. The number of carbonyl (C=O) groups excluding carboxylic acids is 3. The van der Waals surface area contributed by atoms with Gasteiger partial charge in [0.2, 0.25) is 0 Å². The van der Waals surface area contributed by atoms with Gasteiger partial charge in [0.1, 0.15) is 5.54 Å². The molecule has 3 rings (SSSR count). The van der Waals surface area contributed by atoms with E-state index in [2.05, 4.69) is 5.32 Å². The van der Waals surface area contributed by atoms with Crippen molar-refractivity contribution in [2.45, 2.75) is 18.9 Å². The number of hydrogen-bond acceptors (Lipinski definition) is 5. The Labute approximate surface area is 163 Å². The zero-order chi connectivity index (χ0) is 20.3. The summed E-state index contributed by atoms with van der Waals surface area (Å²) in [4.78, 5) is 39.3. The van der Waals surface area contributed by atoms with Crippen molar-refractivity contribution in [3.8, 4) is 11.5 Å². The van der Waals surface area contributed by atoms with Crippen molar-refractivity contribution in [1.29, 1.82) is 0 Å². The van der Waals surface area contributed by atoms with Gasteiger partial charge in [0.25, 0.3) is 5.91 Å². The van der Waals surface area contributed by atoms with Gasteiger partial charge in [-0.1, -0.05) is 37.3 Å². The molecule has 0 aromatic heterocycles. The maximum absolute atomic E-state index is 13.1. The number of rotatable bonds is 7. The second-order valence-electron chi connectivity index (χ2n) is 6.44. The van der Waals surface area contributed by atoms with Crippen LogP contribution in [0.15, 0.2) is 48.5 Å². The Morgan fingerprint density at radius 1 is 1.04 bits per heavy atom. The Hall–Kier alpha value is -3.35. The molecule has 1 saturated heterocycles. The Morgan fingerprint density at radius 3 is 2.32 bits per heavy atom. The first kappa shape index (κ1) is 19.4. The summed E-state index contributed by atoms with van der Waals surface area (Å²) >= 11 is 0. The smallest absolute Gasteiger partial charge is 0.325 e. The molecule has 0 bridgehead atoms. The van der Waals surface area contributed by atoms with Crippen LogP contribution < -0.4 is 14.8 Å². The van der Waals surface area contributed by atoms with Crippen LogP contribution in [0.2, 0.25) is 0 Å². The first-order valence-corrected chi connectivity index (χ1v) is 8.91. The van der Waals surface area contributed by atoms with Crippen LogP contribution in [0.1, 0.15) is 29.3 Å². The van der Waals surface area contributed by atoms with E-state index < -0.39 is 17.5 Å². The lowest BCUT2D eigenvalue weighted by molar-refractivity contribution is -0.131. The van der Waals surface area contributed by atoms with Crippen LogP contribution in [0.25, 0.3) is 0 Å². The maximum atomic E-state index is 13.1. The second-order valence-corrected chi connectivity index (χ2v) is 6.44. The predicted octanol–water partition coefficient (Wildman–Crippen LogP) is 2.74. The molecule has 0 aliphatic carbocycles. The lowest BCUT2D eigenvalue weighted by Gasteiger charge is -2.25. The molecule has 1 heterocycles. The first-order valence-electron chi connectivity index (χ1n) is 8.91. The minimum Gasteiger partial charge on any atom is -0.493 e. The molecular weight excluding hydrogens is 360 g/mol. The van der Waals surface area contributed by atoms with E-state index in [4.69, 9.17) is 9.47 Å². The van der Waals surface area contributed by atoms with Crippen LogP contribution in [0, 0.1) is 0 Å². The zero-order valence-electron chi connectivity index (χ0n) is 16.0. The van der Waals surface area contributed by atoms with Crippen molar-refractivity contribution in [2.75, 3.05) is 20.8 Å². The number of nitrogens with one attached hydrogen (secondary N) is 1. The summed E-state index contributed by atoms with van der Waals surface area (Å²) < 4.78 is 10.4. The number of carbonyl (C=O) groups is 3. The molecule has 28 heavy (non-hydrogen) atoms. The molecule has 1 aliphatic rings. The van der Waals surface area contributed by atoms with E-state index >= 15 is 0 Å². The van der Waals surface area contributed by atoms with E-state index in [1.54, 1.807) is 24.3 Å². The fourth-order valence-corrected chi connectivity index (χ4v) is 3.38. The molecule has 0 saturated carbocycles. The van der Waals surface area contributed by atoms with Crippen molar-refractivity contribution in [2.24, 2.45) is 0 Å². The lowest BCUT2D eigenvalue weighted by Crippen LogP contribution is -2.43. The number of urea groups is 1. The van der Waals surface area contributed by atoms with Crippen LogP contribution in [0.4, 0.5) is 4.79 Å². The summed E-state index contributed by atoms with van der Waals surface area (Å²) in [5.74, 6) is 0.0882. The van der Waals surface area contributed by atoms with Crippen molar-refractivity contribution in [3.63, 3.8) is 0 Å². The van der Waals surface area contributed by atoms with Crippen molar-refractivity contribution in [3.05, 3.63) is 59.7 Å². The van der Waals surface area contributed by atoms with Crippen molar-refractivity contribution < 1.29 is 23.9 Å². The van der Waals surface area contributed by atoms with Crippen LogP contribution in [-0.2, 0) is 10.3 Å². The highest BCUT2D eigenvalue weighted by atomic mass is 16.5. The largest absolute Gasteiger partial charge is 0.493 e. The van der Waals surface area contributed by atoms with Gasteiger partial charge in [-0.3, -0.25) is 14.5 Å². The quantitative estimate of drug-likeness (QED) is 0.588. The molecule has 1 fully saturated rings. The average Bonchev–Trinajstić information content (AvgIpc) is 2.98. The molecule has 3 amide bonds. The predicted molar refractivity (Wildman–Crippen MR) is 103 cm³/mol. The third kappa shape index (κ3) is 3.19. The second kappa shape index (κ2) is 7.72. The maximum Gasteiger partial charge on any atom is 0.325 e. The summed E-state index contributed by atoms with van der Waals surface area (Å²) in [6, 6.07) is 13.2. The van der Waals surface area contributed by atoms with Crippen molar-refractivity contribution >= 4 is 17.7 Å². The van der Waals surface area contributed by atoms with Crippen LogP contribution in [0.3, 0.4) is 0 Å². The molecule has 1 N–H and O–H groups in total. The van der Waals surface area contributed by atoms with E-state index in [1.165, 1.54) is 20.3 Å². The summed E-state index contributed by atoms with van der Waals surface area (Å²) in [5.41, 5.74) is -0.139. The highest BCUT2D eigenvalue weighted by Crippen LogP contribution is 2.33. The fraction of sp³-hybridized carbons (Fsp3) is 0.286. The summed E-state index contributed by atoms with van der Waals surface area (Å²) in [6.07, 6.45) is 0.378. The lowest BCUT2D eigenvalue weighted by atomic mass is 9.87. The molecule has 2 aromatic carbocycles.